The Balaban J connectivity index is 1.84. The quantitative estimate of drug-likeness (QED) is 0.798. The fourth-order valence-corrected chi connectivity index (χ4v) is 3.13. The molecule has 1 aromatic carbocycles. The lowest BCUT2D eigenvalue weighted by Crippen LogP contribution is -2.24. The summed E-state index contributed by atoms with van der Waals surface area (Å²) in [4.78, 5) is 5.51. The molecule has 1 unspecified atom stereocenters. The molecule has 0 bridgehead atoms. The number of aryl methyl sites for hydroxylation is 1. The van der Waals surface area contributed by atoms with Gasteiger partial charge in [-0.1, -0.05) is 31.2 Å². The van der Waals surface area contributed by atoms with Gasteiger partial charge in [-0.25, -0.2) is 4.98 Å². The highest BCUT2D eigenvalue weighted by Gasteiger charge is 2.25. The molecule has 0 aliphatic carbocycles. The van der Waals surface area contributed by atoms with Gasteiger partial charge in [0.05, 0.1) is 11.3 Å². The number of nitrogens with zero attached hydrogens (tertiary/aromatic N) is 2. The summed E-state index contributed by atoms with van der Waals surface area (Å²) < 4.78 is 2.00. The van der Waals surface area contributed by atoms with E-state index in [4.69, 9.17) is 0 Å². The van der Waals surface area contributed by atoms with E-state index in [1.54, 1.807) is 11.3 Å². The molecule has 3 aromatic rings. The minimum Gasteiger partial charge on any atom is -0.385 e. The van der Waals surface area contributed by atoms with Crippen LogP contribution < -0.4 is 0 Å². The van der Waals surface area contributed by atoms with E-state index in [2.05, 4.69) is 24.0 Å². The van der Waals surface area contributed by atoms with Crippen LogP contribution in [0.4, 0.5) is 0 Å². The maximum atomic E-state index is 10.7. The van der Waals surface area contributed by atoms with E-state index < -0.39 is 5.60 Å². The van der Waals surface area contributed by atoms with Crippen molar-refractivity contribution in [1.82, 2.24) is 9.38 Å². The van der Waals surface area contributed by atoms with Crippen molar-refractivity contribution in [2.75, 3.05) is 0 Å². The second-order valence-electron chi connectivity index (χ2n) is 5.33. The van der Waals surface area contributed by atoms with Gasteiger partial charge in [0.25, 0.3) is 0 Å². The first-order valence-electron chi connectivity index (χ1n) is 6.81. The molecule has 0 radical (unpaired) electrons. The van der Waals surface area contributed by atoms with Crippen molar-refractivity contribution in [3.63, 3.8) is 0 Å². The van der Waals surface area contributed by atoms with Crippen molar-refractivity contribution in [2.45, 2.75) is 32.3 Å². The number of hydrogen-bond acceptors (Lipinski definition) is 3. The fourth-order valence-electron chi connectivity index (χ4n) is 2.42. The number of fused-ring (bicyclic) bond motifs is 1. The third-order valence-electron chi connectivity index (χ3n) is 3.65. The number of thiazole rings is 1. The van der Waals surface area contributed by atoms with Crippen LogP contribution in [0.2, 0.25) is 0 Å². The van der Waals surface area contributed by atoms with Crippen molar-refractivity contribution in [3.8, 4) is 0 Å². The zero-order valence-corrected chi connectivity index (χ0v) is 12.5. The maximum Gasteiger partial charge on any atom is 0.193 e. The minimum atomic E-state index is -0.893. The molecule has 0 aliphatic rings. The topological polar surface area (TPSA) is 37.5 Å². The average molecular weight is 286 g/mol. The molecule has 3 rings (SSSR count). The SMILES string of the molecule is CCc1ccc(C(C)(O)Cc2cn3ccsc3n2)cc1. The third-order valence-corrected chi connectivity index (χ3v) is 4.42. The normalized spacial score (nSPS) is 14.6. The van der Waals surface area contributed by atoms with Crippen molar-refractivity contribution in [1.29, 1.82) is 0 Å². The number of benzene rings is 1. The van der Waals surface area contributed by atoms with Gasteiger partial charge in [-0.2, -0.15) is 0 Å². The molecule has 0 saturated carbocycles. The molecule has 0 spiro atoms. The lowest BCUT2D eigenvalue weighted by atomic mass is 9.90. The molecule has 20 heavy (non-hydrogen) atoms. The Morgan fingerprint density at radius 2 is 2.05 bits per heavy atom. The predicted molar refractivity (Wildman–Crippen MR) is 82.2 cm³/mol. The molecule has 2 aromatic heterocycles. The highest BCUT2D eigenvalue weighted by atomic mass is 32.1. The molecule has 0 saturated heterocycles. The van der Waals surface area contributed by atoms with Crippen LogP contribution in [-0.2, 0) is 18.4 Å². The Morgan fingerprint density at radius 3 is 2.70 bits per heavy atom. The summed E-state index contributed by atoms with van der Waals surface area (Å²) in [7, 11) is 0. The summed E-state index contributed by atoms with van der Waals surface area (Å²) in [6, 6.07) is 8.18. The van der Waals surface area contributed by atoms with Crippen LogP contribution in [0.5, 0.6) is 0 Å². The fraction of sp³-hybridized carbons (Fsp3) is 0.312. The summed E-state index contributed by atoms with van der Waals surface area (Å²) in [5.41, 5.74) is 2.25. The average Bonchev–Trinajstić information content (AvgIpc) is 2.99. The van der Waals surface area contributed by atoms with Gasteiger partial charge < -0.3 is 5.11 Å². The zero-order chi connectivity index (χ0) is 14.2. The van der Waals surface area contributed by atoms with E-state index in [9.17, 15) is 5.11 Å². The number of aromatic nitrogens is 2. The minimum absolute atomic E-state index is 0.521. The van der Waals surface area contributed by atoms with Gasteiger partial charge in [-0.15, -0.1) is 11.3 Å². The molecular formula is C16H18N2OS. The van der Waals surface area contributed by atoms with Crippen LogP contribution in [0.1, 0.15) is 30.7 Å². The second-order valence-corrected chi connectivity index (χ2v) is 6.20. The molecule has 0 fully saturated rings. The number of hydrogen-bond donors (Lipinski definition) is 1. The third kappa shape index (κ3) is 2.49. The smallest absolute Gasteiger partial charge is 0.193 e. The predicted octanol–water partition coefficient (Wildman–Crippen LogP) is 3.41. The van der Waals surface area contributed by atoms with Gasteiger partial charge in [-0.05, 0) is 24.5 Å². The number of imidazole rings is 1. The van der Waals surface area contributed by atoms with E-state index >= 15 is 0 Å². The van der Waals surface area contributed by atoms with Crippen molar-refractivity contribution in [3.05, 3.63) is 58.9 Å². The highest BCUT2D eigenvalue weighted by molar-refractivity contribution is 7.15. The van der Waals surface area contributed by atoms with E-state index in [-0.39, 0.29) is 0 Å². The van der Waals surface area contributed by atoms with E-state index in [0.29, 0.717) is 6.42 Å². The molecule has 1 N–H and O–H groups in total. The monoisotopic (exact) mass is 286 g/mol. The Bertz CT molecular complexity index is 681. The summed E-state index contributed by atoms with van der Waals surface area (Å²) in [6.45, 7) is 3.98. The molecule has 4 heteroatoms. The molecule has 104 valence electrons. The van der Waals surface area contributed by atoms with Gasteiger partial charge in [0.2, 0.25) is 0 Å². The van der Waals surface area contributed by atoms with Gasteiger partial charge in [0.15, 0.2) is 4.96 Å². The Hall–Kier alpha value is -1.65. The van der Waals surface area contributed by atoms with E-state index in [1.807, 2.05) is 41.2 Å². The van der Waals surface area contributed by atoms with Crippen LogP contribution >= 0.6 is 11.3 Å². The Kier molecular flexibility index (Phi) is 3.36. The molecule has 3 nitrogen and oxygen atoms in total. The molecule has 2 heterocycles. The van der Waals surface area contributed by atoms with E-state index in [1.165, 1.54) is 5.56 Å². The van der Waals surface area contributed by atoms with Crippen molar-refractivity contribution in [2.24, 2.45) is 0 Å². The molecule has 0 aliphatic heterocycles. The Labute approximate surface area is 122 Å². The zero-order valence-electron chi connectivity index (χ0n) is 11.7. The number of rotatable bonds is 4. The van der Waals surface area contributed by atoms with Crippen LogP contribution in [0.15, 0.2) is 42.0 Å². The highest BCUT2D eigenvalue weighted by Crippen LogP contribution is 2.26. The standard InChI is InChI=1S/C16H18N2OS/c1-3-12-4-6-13(7-5-12)16(2,19)10-14-11-18-8-9-20-15(18)17-14/h4-9,11,19H,3,10H2,1-2H3. The largest absolute Gasteiger partial charge is 0.385 e. The van der Waals surface area contributed by atoms with Crippen molar-refractivity contribution < 1.29 is 5.11 Å². The molecular weight excluding hydrogens is 268 g/mol. The van der Waals surface area contributed by atoms with Crippen LogP contribution in [0.3, 0.4) is 0 Å². The molecule has 1 atom stereocenters. The van der Waals surface area contributed by atoms with Gasteiger partial charge in [0.1, 0.15) is 0 Å². The van der Waals surface area contributed by atoms with Crippen molar-refractivity contribution >= 4 is 16.3 Å². The summed E-state index contributed by atoms with van der Waals surface area (Å²) in [5, 5.41) is 12.7. The Morgan fingerprint density at radius 1 is 1.30 bits per heavy atom. The first-order chi connectivity index (χ1) is 9.58. The summed E-state index contributed by atoms with van der Waals surface area (Å²) in [5.74, 6) is 0. The number of aliphatic hydroxyl groups is 1. The lowest BCUT2D eigenvalue weighted by Gasteiger charge is -2.23. The van der Waals surface area contributed by atoms with Gasteiger partial charge in [0, 0.05) is 24.2 Å². The lowest BCUT2D eigenvalue weighted by molar-refractivity contribution is 0.0567. The van der Waals surface area contributed by atoms with Crippen LogP contribution in [-0.4, -0.2) is 14.5 Å². The second kappa shape index (κ2) is 5.04. The van der Waals surface area contributed by atoms with Crippen LogP contribution in [0, 0.1) is 0 Å². The van der Waals surface area contributed by atoms with Gasteiger partial charge in [-0.3, -0.25) is 4.40 Å². The first kappa shape index (κ1) is 13.3. The maximum absolute atomic E-state index is 10.7. The molecule has 0 amide bonds. The summed E-state index contributed by atoms with van der Waals surface area (Å²) >= 11 is 1.61. The first-order valence-corrected chi connectivity index (χ1v) is 7.69. The van der Waals surface area contributed by atoms with Gasteiger partial charge >= 0.3 is 0 Å². The van der Waals surface area contributed by atoms with Crippen LogP contribution in [0.25, 0.3) is 4.96 Å². The summed E-state index contributed by atoms with van der Waals surface area (Å²) in [6.07, 6.45) is 5.51. The van der Waals surface area contributed by atoms with E-state index in [0.717, 1.165) is 22.6 Å².